The fraction of sp³-hybridized carbons (Fsp3) is 0.538. The van der Waals surface area contributed by atoms with E-state index in [0.717, 1.165) is 30.4 Å². The van der Waals surface area contributed by atoms with Gasteiger partial charge < -0.3 is 20.6 Å². The fourth-order valence-electron chi connectivity index (χ4n) is 5.89. The minimum atomic E-state index is 0.387. The molecule has 2 atom stereocenters. The number of aromatic amines is 2. The summed E-state index contributed by atoms with van der Waals surface area (Å²) in [6.07, 6.45) is 14.0. The number of aromatic nitrogens is 4. The molecule has 2 aromatic heterocycles. The van der Waals surface area contributed by atoms with Crippen molar-refractivity contribution in [2.45, 2.75) is 75.3 Å². The highest BCUT2D eigenvalue weighted by Crippen LogP contribution is 2.40. The molecule has 6 nitrogen and oxygen atoms in total. The first-order valence-electron chi connectivity index (χ1n) is 12.5. The lowest BCUT2D eigenvalue weighted by molar-refractivity contribution is 0.391. The third-order valence-corrected chi connectivity index (χ3v) is 7.82. The molecule has 3 aliphatic rings. The van der Waals surface area contributed by atoms with Crippen LogP contribution in [0.2, 0.25) is 0 Å². The average Bonchev–Trinajstić information content (AvgIpc) is 3.66. The fourth-order valence-corrected chi connectivity index (χ4v) is 5.89. The van der Waals surface area contributed by atoms with Crippen LogP contribution in [0.5, 0.6) is 0 Å². The molecule has 2 saturated heterocycles. The van der Waals surface area contributed by atoms with Crippen LogP contribution in [-0.4, -0.2) is 33.0 Å². The molecule has 6 heteroatoms. The van der Waals surface area contributed by atoms with Crippen molar-refractivity contribution < 1.29 is 0 Å². The van der Waals surface area contributed by atoms with E-state index in [-0.39, 0.29) is 0 Å². The Morgan fingerprint density at radius 2 is 1.28 bits per heavy atom. The number of nitrogens with one attached hydrogen (secondary N) is 4. The summed E-state index contributed by atoms with van der Waals surface area (Å²) in [5.74, 6) is 3.47. The molecule has 0 unspecified atom stereocenters. The zero-order valence-electron chi connectivity index (χ0n) is 18.7. The molecule has 1 aromatic carbocycles. The molecular formula is C26H34N6. The second-order valence-corrected chi connectivity index (χ2v) is 9.85. The van der Waals surface area contributed by atoms with E-state index in [1.807, 2.05) is 0 Å². The summed E-state index contributed by atoms with van der Waals surface area (Å²) in [5.41, 5.74) is 4.99. The normalized spacial score (nSPS) is 28.4. The van der Waals surface area contributed by atoms with Gasteiger partial charge in [-0.15, -0.1) is 0 Å². The van der Waals surface area contributed by atoms with Gasteiger partial charge in [-0.1, -0.05) is 24.3 Å². The van der Waals surface area contributed by atoms with Gasteiger partial charge in [-0.3, -0.25) is 0 Å². The second kappa shape index (κ2) is 8.83. The maximum atomic E-state index is 4.96. The Hall–Kier alpha value is -2.44. The summed E-state index contributed by atoms with van der Waals surface area (Å²) in [4.78, 5) is 16.6. The van der Waals surface area contributed by atoms with Crippen LogP contribution in [0.15, 0.2) is 36.7 Å². The molecular weight excluding hydrogens is 396 g/mol. The van der Waals surface area contributed by atoms with E-state index < -0.39 is 0 Å². The molecule has 0 spiro atoms. The van der Waals surface area contributed by atoms with Gasteiger partial charge in [0.05, 0.1) is 23.5 Å². The summed E-state index contributed by atoms with van der Waals surface area (Å²) in [7, 11) is 0. The molecule has 168 valence electrons. The first-order valence-corrected chi connectivity index (χ1v) is 12.5. The van der Waals surface area contributed by atoms with Gasteiger partial charge in [0.2, 0.25) is 0 Å². The van der Waals surface area contributed by atoms with E-state index in [9.17, 15) is 0 Å². The van der Waals surface area contributed by atoms with Crippen LogP contribution in [0.4, 0.5) is 0 Å². The van der Waals surface area contributed by atoms with E-state index in [2.05, 4.69) is 57.3 Å². The highest BCUT2D eigenvalue weighted by Gasteiger charge is 2.27. The minimum absolute atomic E-state index is 0.387. The van der Waals surface area contributed by atoms with Crippen LogP contribution in [0.1, 0.15) is 98.2 Å². The number of nitrogens with zero attached hydrogens (tertiary/aromatic N) is 2. The Morgan fingerprint density at radius 3 is 1.94 bits per heavy atom. The van der Waals surface area contributed by atoms with Gasteiger partial charge in [-0.2, -0.15) is 0 Å². The molecule has 3 aromatic rings. The van der Waals surface area contributed by atoms with Crippen molar-refractivity contribution in [1.82, 2.24) is 30.6 Å². The van der Waals surface area contributed by atoms with Gasteiger partial charge in [0, 0.05) is 23.9 Å². The smallest absolute Gasteiger partial charge is 0.124 e. The van der Waals surface area contributed by atoms with E-state index >= 15 is 0 Å². The number of hydrogen-bond donors (Lipinski definition) is 4. The van der Waals surface area contributed by atoms with Crippen molar-refractivity contribution in [3.63, 3.8) is 0 Å². The summed E-state index contributed by atoms with van der Waals surface area (Å²) in [5, 5.41) is 7.06. The first-order chi connectivity index (χ1) is 15.8. The predicted molar refractivity (Wildman–Crippen MR) is 127 cm³/mol. The molecule has 0 bridgehead atoms. The third kappa shape index (κ3) is 4.02. The highest BCUT2D eigenvalue weighted by molar-refractivity contribution is 5.59. The van der Waals surface area contributed by atoms with Crippen molar-refractivity contribution in [2.75, 3.05) is 13.1 Å². The van der Waals surface area contributed by atoms with Crippen molar-refractivity contribution in [3.8, 4) is 11.3 Å². The van der Waals surface area contributed by atoms with E-state index in [0.29, 0.717) is 23.9 Å². The van der Waals surface area contributed by atoms with Crippen molar-refractivity contribution >= 4 is 0 Å². The summed E-state index contributed by atoms with van der Waals surface area (Å²) < 4.78 is 0. The van der Waals surface area contributed by atoms with Gasteiger partial charge >= 0.3 is 0 Å². The zero-order chi connectivity index (χ0) is 21.3. The van der Waals surface area contributed by atoms with Gasteiger partial charge in [0.15, 0.2) is 0 Å². The lowest BCUT2D eigenvalue weighted by atomic mass is 9.77. The monoisotopic (exact) mass is 430 g/mol. The maximum absolute atomic E-state index is 4.96. The minimum Gasteiger partial charge on any atom is -0.347 e. The quantitative estimate of drug-likeness (QED) is 0.454. The molecule has 4 N–H and O–H groups in total. The molecule has 6 rings (SSSR count). The summed E-state index contributed by atoms with van der Waals surface area (Å²) in [6.45, 7) is 2.21. The van der Waals surface area contributed by atoms with Crippen LogP contribution in [-0.2, 0) is 0 Å². The second-order valence-electron chi connectivity index (χ2n) is 9.85. The van der Waals surface area contributed by atoms with E-state index in [1.165, 1.54) is 68.2 Å². The van der Waals surface area contributed by atoms with Crippen LogP contribution in [0.25, 0.3) is 11.3 Å². The van der Waals surface area contributed by atoms with E-state index in [1.54, 1.807) is 0 Å². The Balaban J connectivity index is 1.07. The summed E-state index contributed by atoms with van der Waals surface area (Å²) >= 11 is 0. The number of benzene rings is 1. The third-order valence-electron chi connectivity index (χ3n) is 7.82. The molecule has 4 heterocycles. The van der Waals surface area contributed by atoms with E-state index in [4.69, 9.17) is 9.97 Å². The molecule has 1 aliphatic carbocycles. The van der Waals surface area contributed by atoms with Crippen LogP contribution >= 0.6 is 0 Å². The molecule has 0 amide bonds. The van der Waals surface area contributed by atoms with Gasteiger partial charge in [0.25, 0.3) is 0 Å². The Labute approximate surface area is 190 Å². The summed E-state index contributed by atoms with van der Waals surface area (Å²) in [6, 6.07) is 9.95. The molecule has 0 radical (unpaired) electrons. The zero-order valence-corrected chi connectivity index (χ0v) is 18.7. The number of rotatable bonds is 5. The van der Waals surface area contributed by atoms with Crippen LogP contribution < -0.4 is 10.6 Å². The average molecular weight is 431 g/mol. The standard InChI is InChI=1S/C26H34N6/c1-3-21(27-13-1)25-29-15-23(31-25)19-9-5-17(6-10-19)18-7-11-20(12-8-18)24-16-30-26(32-24)22-4-2-14-28-22/h5-6,9-10,15-16,18,20-22,27-28H,1-4,7-8,11-14H2,(H,29,31)(H,30,32)/t18?,20?,21-,22-/m0/s1. The number of H-pyrrole nitrogens is 2. The van der Waals surface area contributed by atoms with Gasteiger partial charge in [0.1, 0.15) is 11.6 Å². The maximum Gasteiger partial charge on any atom is 0.124 e. The number of hydrogen-bond acceptors (Lipinski definition) is 4. The molecule has 32 heavy (non-hydrogen) atoms. The van der Waals surface area contributed by atoms with Gasteiger partial charge in [-0.05, 0) is 75.9 Å². The van der Waals surface area contributed by atoms with Crippen molar-refractivity contribution in [3.05, 3.63) is 59.6 Å². The first kappa shape index (κ1) is 20.2. The number of imidazole rings is 2. The lowest BCUT2D eigenvalue weighted by Gasteiger charge is -2.28. The Kier molecular flexibility index (Phi) is 5.57. The Bertz CT molecular complexity index is 1010. The molecule has 1 saturated carbocycles. The Morgan fingerprint density at radius 1 is 0.656 bits per heavy atom. The lowest BCUT2D eigenvalue weighted by Crippen LogP contribution is -2.15. The van der Waals surface area contributed by atoms with Crippen molar-refractivity contribution in [1.29, 1.82) is 0 Å². The van der Waals surface area contributed by atoms with Gasteiger partial charge in [-0.25, -0.2) is 9.97 Å². The molecule has 2 aliphatic heterocycles. The largest absolute Gasteiger partial charge is 0.347 e. The molecule has 3 fully saturated rings. The van der Waals surface area contributed by atoms with Crippen LogP contribution in [0, 0.1) is 0 Å². The van der Waals surface area contributed by atoms with Crippen molar-refractivity contribution in [2.24, 2.45) is 0 Å². The SMILES string of the molecule is c1cc(C2CCC(c3c[nH]c([C@@H]4CCCN4)n3)CC2)ccc1-c1c[nH]c([C@@H]2CCCN2)n1. The topological polar surface area (TPSA) is 81.4 Å². The van der Waals surface area contributed by atoms with Crippen LogP contribution in [0.3, 0.4) is 0 Å². The highest BCUT2D eigenvalue weighted by atomic mass is 15.0. The predicted octanol–water partition coefficient (Wildman–Crippen LogP) is 5.09.